The minimum Gasteiger partial charge on any atom is -0.369 e. The van der Waals surface area contributed by atoms with Crippen LogP contribution in [0.25, 0.3) is 0 Å². The molecule has 1 saturated heterocycles. The Morgan fingerprint density at radius 1 is 1.10 bits per heavy atom. The zero-order valence-electron chi connectivity index (χ0n) is 17.1. The number of hydrogen-bond acceptors (Lipinski definition) is 4. The number of nitrogens with one attached hydrogen (secondary N) is 1. The number of amides is 1. The van der Waals surface area contributed by atoms with Crippen LogP contribution in [0, 0.1) is 12.7 Å². The molecule has 1 heterocycles. The van der Waals surface area contributed by atoms with Crippen LogP contribution in [0.4, 0.5) is 10.1 Å². The van der Waals surface area contributed by atoms with Crippen LogP contribution in [-0.4, -0.2) is 55.8 Å². The van der Waals surface area contributed by atoms with Crippen molar-refractivity contribution < 1.29 is 9.18 Å². The van der Waals surface area contributed by atoms with Crippen molar-refractivity contribution in [3.63, 3.8) is 0 Å². The van der Waals surface area contributed by atoms with E-state index in [1.807, 2.05) is 0 Å². The first-order valence-corrected chi connectivity index (χ1v) is 11.3. The lowest BCUT2D eigenvalue weighted by Gasteiger charge is -2.36. The zero-order chi connectivity index (χ0) is 20.5. The summed E-state index contributed by atoms with van der Waals surface area (Å²) in [6.07, 6.45) is 1.46. The fraction of sp³-hybridized carbons (Fsp3) is 0.435. The number of halogens is 1. The van der Waals surface area contributed by atoms with E-state index in [2.05, 4.69) is 46.3 Å². The topological polar surface area (TPSA) is 35.6 Å². The number of anilines is 1. The third-order valence-corrected chi connectivity index (χ3v) is 6.14. The number of piperazine rings is 1. The average molecular weight is 416 g/mol. The third kappa shape index (κ3) is 7.37. The van der Waals surface area contributed by atoms with E-state index in [1.54, 1.807) is 23.9 Å². The fourth-order valence-electron chi connectivity index (χ4n) is 3.47. The summed E-state index contributed by atoms with van der Waals surface area (Å²) >= 11 is 1.58. The molecule has 0 aromatic heterocycles. The number of carbonyl (C=O) groups excluding carboxylic acids is 1. The van der Waals surface area contributed by atoms with Crippen LogP contribution in [0.2, 0.25) is 0 Å². The largest absolute Gasteiger partial charge is 0.369 e. The quantitative estimate of drug-likeness (QED) is 0.497. The van der Waals surface area contributed by atoms with Crippen molar-refractivity contribution in [2.45, 2.75) is 24.7 Å². The molecule has 0 spiro atoms. The van der Waals surface area contributed by atoms with Gasteiger partial charge in [-0.1, -0.05) is 12.1 Å². The van der Waals surface area contributed by atoms with Crippen molar-refractivity contribution >= 4 is 23.4 Å². The van der Waals surface area contributed by atoms with Crippen molar-refractivity contribution in [3.05, 3.63) is 59.9 Å². The van der Waals surface area contributed by atoms with Gasteiger partial charge in [0.05, 0.1) is 0 Å². The zero-order valence-corrected chi connectivity index (χ0v) is 17.9. The SMILES string of the molecule is Cc1cccc(N2CCN(CCCNC(=O)CCSc3ccc(F)cc3)CC2)c1. The number of thioether (sulfide) groups is 1. The van der Waals surface area contributed by atoms with Gasteiger partial charge in [-0.2, -0.15) is 0 Å². The average Bonchev–Trinajstić information content (AvgIpc) is 2.73. The molecule has 2 aromatic carbocycles. The van der Waals surface area contributed by atoms with Crippen LogP contribution >= 0.6 is 11.8 Å². The Morgan fingerprint density at radius 2 is 1.86 bits per heavy atom. The van der Waals surface area contributed by atoms with Crippen molar-refractivity contribution in [1.29, 1.82) is 0 Å². The molecular weight excluding hydrogens is 385 g/mol. The molecule has 0 saturated carbocycles. The summed E-state index contributed by atoms with van der Waals surface area (Å²) in [7, 11) is 0. The molecule has 1 aliphatic rings. The van der Waals surface area contributed by atoms with Gasteiger partial charge < -0.3 is 10.2 Å². The molecule has 2 aromatic rings. The van der Waals surface area contributed by atoms with Gasteiger partial charge in [0.2, 0.25) is 5.91 Å². The Bertz CT molecular complexity index is 776. The highest BCUT2D eigenvalue weighted by molar-refractivity contribution is 7.99. The Labute approximate surface area is 177 Å². The number of aryl methyl sites for hydroxylation is 1. The summed E-state index contributed by atoms with van der Waals surface area (Å²) in [6, 6.07) is 15.1. The first kappa shape index (κ1) is 21.7. The lowest BCUT2D eigenvalue weighted by atomic mass is 10.2. The molecule has 0 unspecified atom stereocenters. The minimum absolute atomic E-state index is 0.0869. The van der Waals surface area contributed by atoms with Gasteiger partial charge in [-0.3, -0.25) is 9.69 Å². The second kappa shape index (κ2) is 11.2. The summed E-state index contributed by atoms with van der Waals surface area (Å²) in [5.41, 5.74) is 2.62. The fourth-order valence-corrected chi connectivity index (χ4v) is 4.32. The highest BCUT2D eigenvalue weighted by atomic mass is 32.2. The molecule has 1 N–H and O–H groups in total. The van der Waals surface area contributed by atoms with Gasteiger partial charge in [-0.25, -0.2) is 4.39 Å². The maximum Gasteiger partial charge on any atom is 0.220 e. The molecule has 1 aliphatic heterocycles. The lowest BCUT2D eigenvalue weighted by molar-refractivity contribution is -0.120. The summed E-state index contributed by atoms with van der Waals surface area (Å²) in [5, 5.41) is 3.01. The molecule has 6 heteroatoms. The molecule has 1 amide bonds. The normalized spacial score (nSPS) is 14.8. The summed E-state index contributed by atoms with van der Waals surface area (Å²) in [5.74, 6) is 0.561. The van der Waals surface area contributed by atoms with Gasteiger partial charge in [0.1, 0.15) is 5.82 Å². The molecule has 156 valence electrons. The van der Waals surface area contributed by atoms with Crippen LogP contribution in [0.3, 0.4) is 0 Å². The lowest BCUT2D eigenvalue weighted by Crippen LogP contribution is -2.47. The smallest absolute Gasteiger partial charge is 0.220 e. The Morgan fingerprint density at radius 3 is 2.59 bits per heavy atom. The molecule has 4 nitrogen and oxygen atoms in total. The summed E-state index contributed by atoms with van der Waals surface area (Å²) in [4.78, 5) is 17.9. The van der Waals surface area contributed by atoms with Crippen LogP contribution in [0.15, 0.2) is 53.4 Å². The molecular formula is C23H30FN3OS. The van der Waals surface area contributed by atoms with E-state index in [4.69, 9.17) is 0 Å². The van der Waals surface area contributed by atoms with E-state index in [0.29, 0.717) is 12.2 Å². The monoisotopic (exact) mass is 415 g/mol. The van der Waals surface area contributed by atoms with Crippen molar-refractivity contribution in [1.82, 2.24) is 10.2 Å². The second-order valence-electron chi connectivity index (χ2n) is 7.42. The van der Waals surface area contributed by atoms with Gasteiger partial charge in [-0.05, 0) is 61.9 Å². The molecule has 0 atom stereocenters. The number of benzene rings is 2. The number of carbonyl (C=O) groups is 1. The maximum atomic E-state index is 12.9. The highest BCUT2D eigenvalue weighted by Gasteiger charge is 2.16. The van der Waals surface area contributed by atoms with E-state index in [1.165, 1.54) is 23.4 Å². The predicted octanol–water partition coefficient (Wildman–Crippen LogP) is 3.94. The first-order valence-electron chi connectivity index (χ1n) is 10.3. The standard InChI is InChI=1S/C23H30FN3OS/c1-19-4-2-5-21(18-19)27-15-13-26(14-16-27)12-3-11-25-23(28)10-17-29-22-8-6-20(24)7-9-22/h2,4-9,18H,3,10-17H2,1H3,(H,25,28). The molecule has 3 rings (SSSR count). The first-order chi connectivity index (χ1) is 14.1. The Balaban J connectivity index is 1.24. The van der Waals surface area contributed by atoms with E-state index < -0.39 is 0 Å². The van der Waals surface area contributed by atoms with Gasteiger partial charge in [0, 0.05) is 55.5 Å². The highest BCUT2D eigenvalue weighted by Crippen LogP contribution is 2.19. The van der Waals surface area contributed by atoms with Gasteiger partial charge in [0.15, 0.2) is 0 Å². The molecule has 0 radical (unpaired) electrons. The van der Waals surface area contributed by atoms with E-state index in [9.17, 15) is 9.18 Å². The third-order valence-electron chi connectivity index (χ3n) is 5.12. The minimum atomic E-state index is -0.233. The van der Waals surface area contributed by atoms with Gasteiger partial charge in [-0.15, -0.1) is 11.8 Å². The number of nitrogens with zero attached hydrogens (tertiary/aromatic N) is 2. The molecule has 1 fully saturated rings. The van der Waals surface area contributed by atoms with Crippen molar-refractivity contribution in [2.24, 2.45) is 0 Å². The Hall–Kier alpha value is -2.05. The summed E-state index contributed by atoms with van der Waals surface area (Å²) < 4.78 is 12.9. The van der Waals surface area contributed by atoms with Crippen LogP contribution in [-0.2, 0) is 4.79 Å². The Kier molecular flexibility index (Phi) is 8.38. The van der Waals surface area contributed by atoms with Gasteiger partial charge in [0.25, 0.3) is 0 Å². The maximum absolute atomic E-state index is 12.9. The van der Waals surface area contributed by atoms with Crippen LogP contribution < -0.4 is 10.2 Å². The molecule has 0 bridgehead atoms. The molecule has 0 aliphatic carbocycles. The van der Waals surface area contributed by atoms with Gasteiger partial charge >= 0.3 is 0 Å². The number of hydrogen-bond donors (Lipinski definition) is 1. The predicted molar refractivity (Wildman–Crippen MR) is 119 cm³/mol. The second-order valence-corrected chi connectivity index (χ2v) is 8.59. The van der Waals surface area contributed by atoms with Crippen molar-refractivity contribution in [2.75, 3.05) is 49.9 Å². The van der Waals surface area contributed by atoms with E-state index in [0.717, 1.165) is 50.6 Å². The van der Waals surface area contributed by atoms with Crippen LogP contribution in [0.1, 0.15) is 18.4 Å². The van der Waals surface area contributed by atoms with E-state index >= 15 is 0 Å². The van der Waals surface area contributed by atoms with E-state index in [-0.39, 0.29) is 11.7 Å². The van der Waals surface area contributed by atoms with Crippen LogP contribution in [0.5, 0.6) is 0 Å². The number of rotatable bonds is 9. The van der Waals surface area contributed by atoms with Crippen molar-refractivity contribution in [3.8, 4) is 0 Å². The molecule has 29 heavy (non-hydrogen) atoms. The summed E-state index contributed by atoms with van der Waals surface area (Å²) in [6.45, 7) is 8.11.